The molecule has 1 aromatic carbocycles. The molecule has 3 nitrogen and oxygen atoms in total. The highest BCUT2D eigenvalue weighted by Gasteiger charge is 2.52. The average molecular weight is 284 g/mol. The molecule has 1 aliphatic rings. The number of halogens is 2. The fraction of sp³-hybridized carbons (Fsp3) is 0.571. The molecule has 0 unspecified atom stereocenters. The Kier molecular flexibility index (Phi) is 3.82. The third-order valence-electron chi connectivity index (χ3n) is 3.87. The monoisotopic (exact) mass is 284 g/mol. The van der Waals surface area contributed by atoms with Crippen molar-refractivity contribution < 1.29 is 22.8 Å². The summed E-state index contributed by atoms with van der Waals surface area (Å²) in [7, 11) is -0.875. The predicted octanol–water partition coefficient (Wildman–Crippen LogP) is 2.66. The van der Waals surface area contributed by atoms with Crippen LogP contribution in [0.2, 0.25) is 0 Å². The lowest BCUT2D eigenvalue weighted by atomic mass is 9.78. The van der Waals surface area contributed by atoms with Crippen LogP contribution in [0.1, 0.15) is 34.6 Å². The maximum atomic E-state index is 14.4. The van der Waals surface area contributed by atoms with Crippen LogP contribution in [0.5, 0.6) is 5.75 Å². The second kappa shape index (κ2) is 5.00. The zero-order valence-electron chi connectivity index (χ0n) is 12.4. The van der Waals surface area contributed by atoms with Gasteiger partial charge in [-0.05, 0) is 40.7 Å². The minimum atomic E-state index is -0.875. The zero-order valence-corrected chi connectivity index (χ0v) is 12.4. The summed E-state index contributed by atoms with van der Waals surface area (Å²) in [4.78, 5) is 0. The van der Waals surface area contributed by atoms with Crippen LogP contribution in [0, 0.1) is 11.6 Å². The van der Waals surface area contributed by atoms with Gasteiger partial charge in [-0.1, -0.05) is 6.07 Å². The second-order valence-electron chi connectivity index (χ2n) is 5.80. The molecule has 0 amide bonds. The van der Waals surface area contributed by atoms with Crippen molar-refractivity contribution in [3.8, 4) is 5.75 Å². The fourth-order valence-corrected chi connectivity index (χ4v) is 1.98. The van der Waals surface area contributed by atoms with Crippen LogP contribution in [-0.4, -0.2) is 24.9 Å². The van der Waals surface area contributed by atoms with E-state index in [1.807, 2.05) is 27.7 Å². The lowest BCUT2D eigenvalue weighted by Gasteiger charge is -2.32. The first-order valence-electron chi connectivity index (χ1n) is 6.66. The molecule has 6 heteroatoms. The molecule has 1 fully saturated rings. The van der Waals surface area contributed by atoms with Gasteiger partial charge in [-0.3, -0.25) is 0 Å². The summed E-state index contributed by atoms with van der Waals surface area (Å²) >= 11 is 0. The largest absolute Gasteiger partial charge is 0.498 e. The summed E-state index contributed by atoms with van der Waals surface area (Å²) in [5.41, 5.74) is -1.01. The minimum Gasteiger partial charge on any atom is -0.488 e. The van der Waals surface area contributed by atoms with Crippen LogP contribution < -0.4 is 10.2 Å². The van der Waals surface area contributed by atoms with Gasteiger partial charge in [-0.2, -0.15) is 0 Å². The fourth-order valence-electron chi connectivity index (χ4n) is 1.98. The molecular formula is C14H19BF2O3. The van der Waals surface area contributed by atoms with E-state index in [9.17, 15) is 8.78 Å². The van der Waals surface area contributed by atoms with Crippen molar-refractivity contribution >= 4 is 12.6 Å². The lowest BCUT2D eigenvalue weighted by Crippen LogP contribution is -2.41. The number of hydrogen-bond acceptors (Lipinski definition) is 3. The third-order valence-corrected chi connectivity index (χ3v) is 3.87. The van der Waals surface area contributed by atoms with Crippen molar-refractivity contribution in [3.05, 3.63) is 23.8 Å². The minimum absolute atomic E-state index is 0.147. The highest BCUT2D eigenvalue weighted by Crippen LogP contribution is 2.37. The SMILES string of the molecule is CCOc1c(F)ccc(B2OC(C)(C)C(C)(C)O2)c1F. The van der Waals surface area contributed by atoms with E-state index in [0.717, 1.165) is 6.07 Å². The van der Waals surface area contributed by atoms with Gasteiger partial charge in [0.15, 0.2) is 17.4 Å². The highest BCUT2D eigenvalue weighted by atomic mass is 19.1. The Balaban J connectivity index is 2.38. The van der Waals surface area contributed by atoms with Crippen LogP contribution in [0.4, 0.5) is 8.78 Å². The molecule has 0 saturated carbocycles. The summed E-state index contributed by atoms with van der Waals surface area (Å²) < 4.78 is 44.5. The summed E-state index contributed by atoms with van der Waals surface area (Å²) in [6.45, 7) is 9.34. The van der Waals surface area contributed by atoms with Gasteiger partial charge in [-0.15, -0.1) is 0 Å². The standard InChI is InChI=1S/C14H19BF2O3/c1-6-18-12-10(16)8-7-9(11(12)17)15-19-13(2,3)14(4,5)20-15/h7-8H,6H2,1-5H3. The molecule has 0 spiro atoms. The van der Waals surface area contributed by atoms with E-state index in [4.69, 9.17) is 14.0 Å². The number of ether oxygens (including phenoxy) is 1. The van der Waals surface area contributed by atoms with E-state index in [2.05, 4.69) is 0 Å². The molecule has 0 atom stereocenters. The van der Waals surface area contributed by atoms with Gasteiger partial charge < -0.3 is 14.0 Å². The molecule has 1 saturated heterocycles. The molecule has 0 aliphatic carbocycles. The smallest absolute Gasteiger partial charge is 0.488 e. The Hall–Kier alpha value is -1.14. The molecule has 1 heterocycles. The lowest BCUT2D eigenvalue weighted by molar-refractivity contribution is 0.00578. The normalized spacial score (nSPS) is 20.2. The first-order chi connectivity index (χ1) is 9.19. The second-order valence-corrected chi connectivity index (χ2v) is 5.80. The molecule has 0 radical (unpaired) electrons. The predicted molar refractivity (Wildman–Crippen MR) is 73.2 cm³/mol. The van der Waals surface area contributed by atoms with Crippen LogP contribution in [-0.2, 0) is 9.31 Å². The van der Waals surface area contributed by atoms with E-state index >= 15 is 0 Å². The summed E-state index contributed by atoms with van der Waals surface area (Å²) in [5, 5.41) is 0. The molecule has 2 rings (SSSR count). The van der Waals surface area contributed by atoms with E-state index in [0.29, 0.717) is 0 Å². The van der Waals surface area contributed by atoms with Crippen molar-refractivity contribution in [3.63, 3.8) is 0 Å². The summed E-state index contributed by atoms with van der Waals surface area (Å²) in [5.74, 6) is -1.89. The Bertz CT molecular complexity index is 501. The van der Waals surface area contributed by atoms with Gasteiger partial charge >= 0.3 is 7.12 Å². The van der Waals surface area contributed by atoms with Crippen molar-refractivity contribution in [1.29, 1.82) is 0 Å². The Labute approximate surface area is 118 Å². The van der Waals surface area contributed by atoms with Crippen LogP contribution in [0.3, 0.4) is 0 Å². The van der Waals surface area contributed by atoms with E-state index in [-0.39, 0.29) is 17.8 Å². The van der Waals surface area contributed by atoms with Gasteiger partial charge in [-0.25, -0.2) is 8.78 Å². The third kappa shape index (κ3) is 2.42. The first-order valence-corrected chi connectivity index (χ1v) is 6.66. The number of hydrogen-bond donors (Lipinski definition) is 0. The van der Waals surface area contributed by atoms with Crippen molar-refractivity contribution in [2.75, 3.05) is 6.61 Å². The van der Waals surface area contributed by atoms with Gasteiger partial charge in [0.05, 0.1) is 17.8 Å². The van der Waals surface area contributed by atoms with Crippen molar-refractivity contribution in [2.24, 2.45) is 0 Å². The quantitative estimate of drug-likeness (QED) is 0.799. The topological polar surface area (TPSA) is 27.7 Å². The van der Waals surface area contributed by atoms with Gasteiger partial charge in [0.1, 0.15) is 0 Å². The van der Waals surface area contributed by atoms with E-state index in [1.54, 1.807) is 6.92 Å². The van der Waals surface area contributed by atoms with Crippen LogP contribution in [0.15, 0.2) is 12.1 Å². The van der Waals surface area contributed by atoms with E-state index < -0.39 is 30.0 Å². The average Bonchev–Trinajstić information content (AvgIpc) is 2.53. The molecular weight excluding hydrogens is 265 g/mol. The maximum Gasteiger partial charge on any atom is 0.498 e. The number of benzene rings is 1. The molecule has 20 heavy (non-hydrogen) atoms. The molecule has 0 aromatic heterocycles. The van der Waals surface area contributed by atoms with Crippen LogP contribution >= 0.6 is 0 Å². The maximum absolute atomic E-state index is 14.4. The highest BCUT2D eigenvalue weighted by molar-refractivity contribution is 6.62. The summed E-state index contributed by atoms with van der Waals surface area (Å²) in [6.07, 6.45) is 0. The van der Waals surface area contributed by atoms with Crippen LogP contribution in [0.25, 0.3) is 0 Å². The Morgan fingerprint density at radius 3 is 2.15 bits per heavy atom. The Morgan fingerprint density at radius 1 is 1.10 bits per heavy atom. The molecule has 1 aliphatic heterocycles. The zero-order chi connectivity index (χ0) is 15.1. The molecule has 110 valence electrons. The van der Waals surface area contributed by atoms with Crippen molar-refractivity contribution in [1.82, 2.24) is 0 Å². The van der Waals surface area contributed by atoms with Gasteiger partial charge in [0.2, 0.25) is 0 Å². The first kappa shape index (κ1) is 15.3. The summed E-state index contributed by atoms with van der Waals surface area (Å²) in [6, 6.07) is 2.49. The molecule has 0 bridgehead atoms. The molecule has 1 aromatic rings. The van der Waals surface area contributed by atoms with Gasteiger partial charge in [0.25, 0.3) is 0 Å². The van der Waals surface area contributed by atoms with Gasteiger partial charge in [0, 0.05) is 5.46 Å². The Morgan fingerprint density at radius 2 is 1.65 bits per heavy atom. The van der Waals surface area contributed by atoms with Crippen molar-refractivity contribution in [2.45, 2.75) is 45.8 Å². The van der Waals surface area contributed by atoms with E-state index in [1.165, 1.54) is 6.07 Å². The molecule has 0 N–H and O–H groups in total. The number of rotatable bonds is 3.